The number of H-pyrrole nitrogens is 1. The number of aromatic amines is 1. The lowest BCUT2D eigenvalue weighted by molar-refractivity contribution is 0.0924. The molecule has 4 N–H and O–H groups in total. The summed E-state index contributed by atoms with van der Waals surface area (Å²) in [6, 6.07) is 1.74. The van der Waals surface area contributed by atoms with E-state index in [9.17, 15) is 9.59 Å². The number of nitrogens with zero attached hydrogens (tertiary/aromatic N) is 1. The summed E-state index contributed by atoms with van der Waals surface area (Å²) >= 11 is 0. The number of carbonyl (C=O) groups is 2. The van der Waals surface area contributed by atoms with Gasteiger partial charge in [0.15, 0.2) is 11.5 Å². The number of nitrogens with one attached hydrogen (secondary N) is 4. The number of rotatable bonds is 6. The first kappa shape index (κ1) is 19.0. The summed E-state index contributed by atoms with van der Waals surface area (Å²) in [5.41, 5.74) is 3.23. The van der Waals surface area contributed by atoms with Crippen molar-refractivity contribution in [3.8, 4) is 0 Å². The number of fused-ring (bicyclic) bond motifs is 1. The van der Waals surface area contributed by atoms with Crippen LogP contribution in [0.1, 0.15) is 44.3 Å². The number of hydrogen-bond acceptors (Lipinski definition) is 5. The second-order valence-electron chi connectivity index (χ2n) is 5.75. The Balaban J connectivity index is 0.00000225. The summed E-state index contributed by atoms with van der Waals surface area (Å²) in [7, 11) is 0. The zero-order valence-corrected chi connectivity index (χ0v) is 14.8. The van der Waals surface area contributed by atoms with Crippen molar-refractivity contribution in [1.82, 2.24) is 26.1 Å². The van der Waals surface area contributed by atoms with E-state index < -0.39 is 0 Å². The normalized spacial score (nSPS) is 12.8. The van der Waals surface area contributed by atoms with E-state index in [1.54, 1.807) is 6.07 Å². The van der Waals surface area contributed by atoms with Crippen LogP contribution in [0.5, 0.6) is 0 Å². The van der Waals surface area contributed by atoms with Gasteiger partial charge in [0.1, 0.15) is 0 Å². The van der Waals surface area contributed by atoms with Crippen LogP contribution in [0, 0.1) is 6.92 Å². The van der Waals surface area contributed by atoms with Crippen LogP contribution in [0.2, 0.25) is 0 Å². The monoisotopic (exact) mass is 367 g/mol. The minimum atomic E-state index is -0.240. The highest BCUT2D eigenvalue weighted by Crippen LogP contribution is 2.15. The average molecular weight is 368 g/mol. The van der Waals surface area contributed by atoms with Gasteiger partial charge >= 0.3 is 0 Å². The third-order valence-electron chi connectivity index (χ3n) is 4.01. The molecule has 0 saturated carbocycles. The van der Waals surface area contributed by atoms with Crippen molar-refractivity contribution < 1.29 is 14.0 Å². The second-order valence-corrected chi connectivity index (χ2v) is 5.75. The largest absolute Gasteiger partial charge is 0.459 e. The van der Waals surface area contributed by atoms with Crippen molar-refractivity contribution in [2.75, 3.05) is 19.6 Å². The Labute approximate surface area is 151 Å². The molecular formula is C16H22ClN5O3. The summed E-state index contributed by atoms with van der Waals surface area (Å²) < 4.78 is 5.12. The zero-order valence-electron chi connectivity index (χ0n) is 14.0. The number of amides is 2. The van der Waals surface area contributed by atoms with E-state index in [4.69, 9.17) is 4.42 Å². The molecule has 8 nitrogen and oxygen atoms in total. The lowest BCUT2D eigenvalue weighted by atomic mass is 10.1. The summed E-state index contributed by atoms with van der Waals surface area (Å²) in [6.07, 6.45) is 2.97. The van der Waals surface area contributed by atoms with Gasteiger partial charge in [-0.05, 0) is 19.4 Å². The molecule has 0 atom stereocenters. The molecule has 3 heterocycles. The fourth-order valence-electron chi connectivity index (χ4n) is 2.67. The SMILES string of the molecule is Cc1ccoc1C(=O)NCCCNC(=O)c1n[nH]c2c1CNCC2.Cl. The highest BCUT2D eigenvalue weighted by atomic mass is 35.5. The fraction of sp³-hybridized carbons (Fsp3) is 0.438. The molecule has 0 unspecified atom stereocenters. The second kappa shape index (κ2) is 8.68. The summed E-state index contributed by atoms with van der Waals surface area (Å²) in [6.45, 7) is 4.29. The van der Waals surface area contributed by atoms with Crippen molar-refractivity contribution in [3.05, 3.63) is 40.6 Å². The Bertz CT molecular complexity index is 740. The highest BCUT2D eigenvalue weighted by Gasteiger charge is 2.21. The summed E-state index contributed by atoms with van der Waals surface area (Å²) in [5.74, 6) is -0.102. The highest BCUT2D eigenvalue weighted by molar-refractivity contribution is 5.94. The predicted octanol–water partition coefficient (Wildman–Crippen LogP) is 0.929. The Hall–Kier alpha value is -2.32. The predicted molar refractivity (Wildman–Crippen MR) is 94.0 cm³/mol. The molecule has 9 heteroatoms. The Morgan fingerprint density at radius 1 is 1.28 bits per heavy atom. The van der Waals surface area contributed by atoms with Crippen molar-refractivity contribution in [3.63, 3.8) is 0 Å². The summed E-state index contributed by atoms with van der Waals surface area (Å²) in [4.78, 5) is 24.0. The van der Waals surface area contributed by atoms with E-state index in [0.717, 1.165) is 29.8 Å². The van der Waals surface area contributed by atoms with Gasteiger partial charge in [0.25, 0.3) is 11.8 Å². The number of aryl methyl sites for hydroxylation is 1. The van der Waals surface area contributed by atoms with Gasteiger partial charge in [-0.2, -0.15) is 5.10 Å². The maximum absolute atomic E-state index is 12.2. The molecule has 0 saturated heterocycles. The van der Waals surface area contributed by atoms with E-state index >= 15 is 0 Å². The van der Waals surface area contributed by atoms with E-state index in [1.165, 1.54) is 6.26 Å². The van der Waals surface area contributed by atoms with Crippen LogP contribution >= 0.6 is 12.4 Å². The van der Waals surface area contributed by atoms with Gasteiger partial charge in [0, 0.05) is 49.4 Å². The fourth-order valence-corrected chi connectivity index (χ4v) is 2.67. The number of hydrogen-bond donors (Lipinski definition) is 4. The Morgan fingerprint density at radius 2 is 2.04 bits per heavy atom. The van der Waals surface area contributed by atoms with E-state index in [0.29, 0.717) is 37.5 Å². The molecular weight excluding hydrogens is 346 g/mol. The minimum absolute atomic E-state index is 0. The molecule has 2 amide bonds. The van der Waals surface area contributed by atoms with Crippen LogP contribution < -0.4 is 16.0 Å². The number of halogens is 1. The van der Waals surface area contributed by atoms with Crippen molar-refractivity contribution >= 4 is 24.2 Å². The van der Waals surface area contributed by atoms with Gasteiger partial charge in [-0.25, -0.2) is 0 Å². The quantitative estimate of drug-likeness (QED) is 0.567. The molecule has 136 valence electrons. The van der Waals surface area contributed by atoms with Crippen LogP contribution in [-0.4, -0.2) is 41.6 Å². The summed E-state index contributed by atoms with van der Waals surface area (Å²) in [5, 5.41) is 15.9. The molecule has 2 aromatic heterocycles. The van der Waals surface area contributed by atoms with Gasteiger partial charge in [0.05, 0.1) is 6.26 Å². The van der Waals surface area contributed by atoms with Crippen molar-refractivity contribution in [2.45, 2.75) is 26.3 Å². The number of aromatic nitrogens is 2. The maximum atomic E-state index is 12.2. The maximum Gasteiger partial charge on any atom is 0.287 e. The number of carbonyl (C=O) groups excluding carboxylic acids is 2. The van der Waals surface area contributed by atoms with Crippen LogP contribution in [0.3, 0.4) is 0 Å². The molecule has 0 fully saturated rings. The third-order valence-corrected chi connectivity index (χ3v) is 4.01. The Kier molecular flexibility index (Phi) is 6.60. The lowest BCUT2D eigenvalue weighted by Gasteiger charge is -2.12. The van der Waals surface area contributed by atoms with E-state index in [2.05, 4.69) is 26.1 Å². The topological polar surface area (TPSA) is 112 Å². The van der Waals surface area contributed by atoms with Gasteiger partial charge in [-0.3, -0.25) is 14.7 Å². The molecule has 0 spiro atoms. The van der Waals surface area contributed by atoms with Gasteiger partial charge < -0.3 is 20.4 Å². The minimum Gasteiger partial charge on any atom is -0.459 e. The van der Waals surface area contributed by atoms with Crippen LogP contribution in [0.15, 0.2) is 16.7 Å². The first-order valence-corrected chi connectivity index (χ1v) is 8.04. The first-order chi connectivity index (χ1) is 11.7. The molecule has 3 rings (SSSR count). The van der Waals surface area contributed by atoms with Crippen LogP contribution in [0.25, 0.3) is 0 Å². The van der Waals surface area contributed by atoms with Crippen LogP contribution in [-0.2, 0) is 13.0 Å². The van der Waals surface area contributed by atoms with E-state index in [-0.39, 0.29) is 24.2 Å². The first-order valence-electron chi connectivity index (χ1n) is 8.04. The van der Waals surface area contributed by atoms with Crippen LogP contribution in [0.4, 0.5) is 0 Å². The molecule has 0 bridgehead atoms. The van der Waals surface area contributed by atoms with Gasteiger partial charge in [0.2, 0.25) is 0 Å². The van der Waals surface area contributed by atoms with Crippen molar-refractivity contribution in [2.24, 2.45) is 0 Å². The molecule has 1 aliphatic rings. The lowest BCUT2D eigenvalue weighted by Crippen LogP contribution is -2.31. The van der Waals surface area contributed by atoms with Crippen molar-refractivity contribution in [1.29, 1.82) is 0 Å². The van der Waals surface area contributed by atoms with Gasteiger partial charge in [-0.1, -0.05) is 0 Å². The smallest absolute Gasteiger partial charge is 0.287 e. The molecule has 1 aliphatic heterocycles. The average Bonchev–Trinajstić information content (AvgIpc) is 3.20. The van der Waals surface area contributed by atoms with Gasteiger partial charge in [-0.15, -0.1) is 12.4 Å². The van der Waals surface area contributed by atoms with E-state index in [1.807, 2.05) is 6.92 Å². The third kappa shape index (κ3) is 4.40. The number of furan rings is 1. The Morgan fingerprint density at radius 3 is 2.76 bits per heavy atom. The molecule has 0 radical (unpaired) electrons. The standard InChI is InChI=1S/C16H21N5O3.ClH/c1-10-4-8-24-14(10)16(23)19-6-2-5-18-15(22)13-11-9-17-7-3-12(11)20-21-13;/h4,8,17H,2-3,5-7,9H2,1H3,(H,18,22)(H,19,23)(H,20,21);1H. The molecule has 25 heavy (non-hydrogen) atoms. The molecule has 2 aromatic rings. The molecule has 0 aliphatic carbocycles. The molecule has 0 aromatic carbocycles. The zero-order chi connectivity index (χ0) is 16.9.